The first kappa shape index (κ1) is 34.9. The zero-order valence-corrected chi connectivity index (χ0v) is 28.1. The molecule has 4 aliphatic rings. The fraction of sp³-hybridized carbons (Fsp3) is 0.606. The number of nitrogens with zero attached hydrogens (tertiary/aromatic N) is 1. The Morgan fingerprint density at radius 1 is 1.27 bits per heavy atom. The second kappa shape index (κ2) is 13.4. The SMILES string of the molecule is CNC(C)C(=O)CC1CC(=O)N(C)c2cc(cc(OC)c2Cl)C/C(C)=C/C=C/C(OC)C2(O)CC(OC(=O)N2)C2(C)CC1(C)O2. The van der Waals surface area contributed by atoms with Crippen molar-refractivity contribution in [2.75, 3.05) is 33.2 Å². The number of aliphatic hydroxyl groups is 1. The summed E-state index contributed by atoms with van der Waals surface area (Å²) in [6.07, 6.45) is 3.78. The molecule has 248 valence electrons. The van der Waals surface area contributed by atoms with Crippen LogP contribution in [0.5, 0.6) is 5.75 Å². The molecule has 45 heavy (non-hydrogen) atoms. The first-order chi connectivity index (χ1) is 21.1. The fourth-order valence-electron chi connectivity index (χ4n) is 6.70. The molecule has 6 bridgehead atoms. The summed E-state index contributed by atoms with van der Waals surface area (Å²) in [5, 5.41) is 17.5. The van der Waals surface area contributed by atoms with Crippen molar-refractivity contribution < 1.29 is 38.4 Å². The Morgan fingerprint density at radius 3 is 2.58 bits per heavy atom. The Bertz CT molecular complexity index is 1370. The maximum Gasteiger partial charge on any atom is 0.409 e. The number of fused-ring (bicyclic) bond motifs is 6. The monoisotopic (exact) mass is 647 g/mol. The lowest BCUT2D eigenvalue weighted by atomic mass is 9.67. The predicted molar refractivity (Wildman–Crippen MR) is 171 cm³/mol. The summed E-state index contributed by atoms with van der Waals surface area (Å²) >= 11 is 6.72. The van der Waals surface area contributed by atoms with Gasteiger partial charge in [-0.2, -0.15) is 0 Å². The van der Waals surface area contributed by atoms with E-state index < -0.39 is 47.2 Å². The molecule has 0 radical (unpaired) electrons. The van der Waals surface area contributed by atoms with E-state index in [4.69, 9.17) is 30.5 Å². The van der Waals surface area contributed by atoms with Crippen molar-refractivity contribution >= 4 is 35.1 Å². The Kier molecular flexibility index (Phi) is 10.4. The van der Waals surface area contributed by atoms with E-state index in [0.29, 0.717) is 29.3 Å². The molecule has 1 aromatic carbocycles. The summed E-state index contributed by atoms with van der Waals surface area (Å²) in [5.41, 5.74) is -1.34. The molecular weight excluding hydrogens is 602 g/mol. The van der Waals surface area contributed by atoms with Crippen LogP contribution in [0.2, 0.25) is 5.02 Å². The molecule has 2 amide bonds. The highest BCUT2D eigenvalue weighted by molar-refractivity contribution is 6.35. The summed E-state index contributed by atoms with van der Waals surface area (Å²) < 4.78 is 23.4. The number of hydrogen-bond donors (Lipinski definition) is 3. The Morgan fingerprint density at radius 2 is 1.96 bits per heavy atom. The van der Waals surface area contributed by atoms with Gasteiger partial charge in [0.15, 0.2) is 5.72 Å². The molecule has 11 nitrogen and oxygen atoms in total. The van der Waals surface area contributed by atoms with Gasteiger partial charge in [0.1, 0.15) is 34.4 Å². The van der Waals surface area contributed by atoms with Crippen molar-refractivity contribution in [3.05, 3.63) is 46.5 Å². The molecular formula is C33H46ClN3O8. The Hall–Kier alpha value is -2.96. The fourth-order valence-corrected chi connectivity index (χ4v) is 7.01. The third-order valence-electron chi connectivity index (χ3n) is 9.47. The highest BCUT2D eigenvalue weighted by Crippen LogP contribution is 2.52. The minimum absolute atomic E-state index is 0.00132. The Labute approximate surface area is 270 Å². The van der Waals surface area contributed by atoms with Gasteiger partial charge in [0.25, 0.3) is 0 Å². The standard InChI is InChI=1S/C33H46ClN3O8/c1-19-10-9-11-26(43-8)33(41)17-27(44-30(40)36-33)32(4)18-31(3,45-32)22(15-24(38)20(2)35-5)16-28(39)37(6)23-13-21(12-19)14-25(42-7)29(23)34/h9-11,13-14,20,22,26-27,35,41H,12,15-18H2,1-8H3,(H,36,40)/b11-9+,19-10+. The van der Waals surface area contributed by atoms with E-state index in [1.54, 1.807) is 33.2 Å². The number of carbonyl (C=O) groups excluding carboxylic acids is 3. The summed E-state index contributed by atoms with van der Waals surface area (Å²) in [5.74, 6) is -0.382. The van der Waals surface area contributed by atoms with Crippen molar-refractivity contribution in [1.82, 2.24) is 10.6 Å². The van der Waals surface area contributed by atoms with Crippen LogP contribution in [0.4, 0.5) is 10.5 Å². The number of hydrogen-bond acceptors (Lipinski definition) is 9. The van der Waals surface area contributed by atoms with E-state index in [1.165, 1.54) is 19.1 Å². The number of ketones is 1. The van der Waals surface area contributed by atoms with Crippen LogP contribution in [0, 0.1) is 5.92 Å². The molecule has 0 saturated carbocycles. The molecule has 2 fully saturated rings. The number of carbonyl (C=O) groups is 3. The molecule has 2 saturated heterocycles. The van der Waals surface area contributed by atoms with Crippen LogP contribution in [0.15, 0.2) is 35.9 Å². The van der Waals surface area contributed by atoms with Gasteiger partial charge < -0.3 is 34.3 Å². The lowest BCUT2D eigenvalue weighted by Crippen LogP contribution is -2.71. The highest BCUT2D eigenvalue weighted by Gasteiger charge is 2.62. The van der Waals surface area contributed by atoms with Crippen molar-refractivity contribution in [1.29, 1.82) is 0 Å². The summed E-state index contributed by atoms with van der Waals surface area (Å²) in [4.78, 5) is 41.4. The second-order valence-electron chi connectivity index (χ2n) is 12.9. The molecule has 3 N–H and O–H groups in total. The number of benzene rings is 1. The molecule has 4 heterocycles. The average molecular weight is 648 g/mol. The van der Waals surface area contributed by atoms with Gasteiger partial charge in [0, 0.05) is 45.8 Å². The molecule has 0 aromatic heterocycles. The smallest absolute Gasteiger partial charge is 0.409 e. The second-order valence-corrected chi connectivity index (χ2v) is 13.3. The van der Waals surface area contributed by atoms with Gasteiger partial charge in [-0.3, -0.25) is 14.9 Å². The first-order valence-corrected chi connectivity index (χ1v) is 15.6. The lowest BCUT2D eigenvalue weighted by molar-refractivity contribution is -0.319. The molecule has 4 aliphatic heterocycles. The van der Waals surface area contributed by atoms with Crippen LogP contribution in [0.3, 0.4) is 0 Å². The zero-order chi connectivity index (χ0) is 33.3. The van der Waals surface area contributed by atoms with E-state index in [2.05, 4.69) is 10.6 Å². The Balaban J connectivity index is 1.80. The molecule has 12 heteroatoms. The number of alkyl carbamates (subject to hydrolysis) is 1. The van der Waals surface area contributed by atoms with E-state index in [0.717, 1.165) is 11.1 Å². The number of Topliss-reactive ketones (excluding diaryl/α,β-unsaturated/α-hetero) is 1. The summed E-state index contributed by atoms with van der Waals surface area (Å²) in [6.45, 7) is 7.40. The number of rotatable bonds is 6. The third kappa shape index (κ3) is 7.23. The zero-order valence-electron chi connectivity index (χ0n) is 27.4. The normalized spacial score (nSPS) is 34.8. The van der Waals surface area contributed by atoms with Crippen molar-refractivity contribution in [3.63, 3.8) is 0 Å². The van der Waals surface area contributed by atoms with Crippen molar-refractivity contribution in [3.8, 4) is 5.75 Å². The van der Waals surface area contributed by atoms with Gasteiger partial charge in [0.2, 0.25) is 5.91 Å². The predicted octanol–water partition coefficient (Wildman–Crippen LogP) is 4.08. The van der Waals surface area contributed by atoms with Crippen LogP contribution in [0.1, 0.15) is 58.9 Å². The van der Waals surface area contributed by atoms with Gasteiger partial charge in [-0.05, 0) is 58.9 Å². The average Bonchev–Trinajstić information content (AvgIpc) is 2.96. The highest BCUT2D eigenvalue weighted by atomic mass is 35.5. The van der Waals surface area contributed by atoms with Crippen molar-refractivity contribution in [2.24, 2.45) is 5.92 Å². The van der Waals surface area contributed by atoms with E-state index >= 15 is 0 Å². The first-order valence-electron chi connectivity index (χ1n) is 15.2. The van der Waals surface area contributed by atoms with E-state index in [-0.39, 0.29) is 31.0 Å². The van der Waals surface area contributed by atoms with Crippen molar-refractivity contribution in [2.45, 2.75) is 95.0 Å². The topological polar surface area (TPSA) is 136 Å². The lowest BCUT2D eigenvalue weighted by Gasteiger charge is -2.60. The summed E-state index contributed by atoms with van der Waals surface area (Å²) in [6, 6.07) is 3.27. The number of halogens is 1. The maximum atomic E-state index is 13.9. The number of likely N-dealkylation sites (N-methyl/N-ethyl adjacent to an activating group) is 1. The van der Waals surface area contributed by atoms with Crippen LogP contribution in [0.25, 0.3) is 0 Å². The number of nitrogens with one attached hydrogen (secondary N) is 2. The molecule has 7 atom stereocenters. The number of ether oxygens (including phenoxy) is 4. The number of anilines is 1. The number of allylic oxidation sites excluding steroid dienone is 3. The van der Waals surface area contributed by atoms with E-state index in [1.807, 2.05) is 39.0 Å². The number of methoxy groups -OCH3 is 2. The third-order valence-corrected chi connectivity index (χ3v) is 9.85. The molecule has 0 aliphatic carbocycles. The van der Waals surface area contributed by atoms with Crippen LogP contribution < -0.4 is 20.3 Å². The van der Waals surface area contributed by atoms with E-state index in [9.17, 15) is 19.5 Å². The van der Waals surface area contributed by atoms with Gasteiger partial charge in [0.05, 0.1) is 24.4 Å². The largest absolute Gasteiger partial charge is 0.495 e. The van der Waals surface area contributed by atoms with Gasteiger partial charge in [-0.15, -0.1) is 0 Å². The number of amides is 2. The molecule has 7 unspecified atom stereocenters. The van der Waals surface area contributed by atoms with Crippen LogP contribution in [-0.2, 0) is 30.2 Å². The quantitative estimate of drug-likeness (QED) is 0.417. The van der Waals surface area contributed by atoms with Gasteiger partial charge in [-0.1, -0.05) is 35.4 Å². The van der Waals surface area contributed by atoms with Crippen LogP contribution in [-0.4, -0.2) is 86.4 Å². The summed E-state index contributed by atoms with van der Waals surface area (Å²) in [7, 11) is 6.34. The van der Waals surface area contributed by atoms with Gasteiger partial charge in [-0.25, -0.2) is 4.79 Å². The molecule has 0 spiro atoms. The maximum absolute atomic E-state index is 13.9. The molecule has 1 aromatic rings. The molecule has 5 rings (SSSR count). The van der Waals surface area contributed by atoms with Crippen LogP contribution >= 0.6 is 11.6 Å². The minimum Gasteiger partial charge on any atom is -0.495 e. The van der Waals surface area contributed by atoms with Gasteiger partial charge >= 0.3 is 6.09 Å². The minimum atomic E-state index is -1.77.